The molecule has 2 fully saturated rings. The molecular weight excluding hydrogens is 320 g/mol. The number of carboxylic acid groups (broad SMARTS) is 1. The van der Waals surface area contributed by atoms with Crippen LogP contribution in [-0.4, -0.2) is 61.8 Å². The van der Waals surface area contributed by atoms with E-state index >= 15 is 0 Å². The summed E-state index contributed by atoms with van der Waals surface area (Å²) in [4.78, 5) is 32.3. The molecule has 0 radical (unpaired) electrons. The highest BCUT2D eigenvalue weighted by atomic mass is 16.4. The highest BCUT2D eigenvalue weighted by Gasteiger charge is 2.55. The molecule has 0 aromatic carbocycles. The van der Waals surface area contributed by atoms with Crippen molar-refractivity contribution < 1.29 is 14.7 Å². The summed E-state index contributed by atoms with van der Waals surface area (Å²) in [6.07, 6.45) is 5.52. The van der Waals surface area contributed by atoms with E-state index in [4.69, 9.17) is 0 Å². The van der Waals surface area contributed by atoms with E-state index in [1.807, 2.05) is 35.0 Å². The van der Waals surface area contributed by atoms with Crippen molar-refractivity contribution in [1.29, 1.82) is 0 Å². The molecule has 0 bridgehead atoms. The van der Waals surface area contributed by atoms with Crippen molar-refractivity contribution in [2.75, 3.05) is 20.1 Å². The lowest BCUT2D eigenvalue weighted by molar-refractivity contribution is -0.146. The van der Waals surface area contributed by atoms with Crippen LogP contribution in [0.15, 0.2) is 30.6 Å². The highest BCUT2D eigenvalue weighted by molar-refractivity contribution is 5.88. The van der Waals surface area contributed by atoms with E-state index in [1.54, 1.807) is 11.9 Å². The molecule has 1 spiro atoms. The monoisotopic (exact) mass is 342 g/mol. The van der Waals surface area contributed by atoms with Gasteiger partial charge in [0, 0.05) is 45.5 Å². The summed E-state index contributed by atoms with van der Waals surface area (Å²) in [5, 5.41) is 9.54. The maximum absolute atomic E-state index is 12.1. The first-order valence-electron chi connectivity index (χ1n) is 8.64. The van der Waals surface area contributed by atoms with E-state index < -0.39 is 17.4 Å². The Labute approximate surface area is 145 Å². The van der Waals surface area contributed by atoms with Gasteiger partial charge in [0.15, 0.2) is 0 Å². The molecule has 0 saturated carbocycles. The molecule has 4 heterocycles. The molecule has 4 rings (SSSR count). The fraction of sp³-hybridized carbons (Fsp3) is 0.500. The van der Waals surface area contributed by atoms with Gasteiger partial charge in [-0.15, -0.1) is 0 Å². The average molecular weight is 342 g/mol. The smallest absolute Gasteiger partial charge is 0.309 e. The summed E-state index contributed by atoms with van der Waals surface area (Å²) >= 11 is 0. The number of likely N-dealkylation sites (tertiary alicyclic amines) is 2. The van der Waals surface area contributed by atoms with Crippen molar-refractivity contribution >= 4 is 17.5 Å². The number of nitrogens with zero attached hydrogens (tertiary/aromatic N) is 4. The fourth-order valence-corrected chi connectivity index (χ4v) is 4.38. The lowest BCUT2D eigenvalue weighted by Crippen LogP contribution is -2.55. The van der Waals surface area contributed by atoms with Gasteiger partial charge in [0.2, 0.25) is 5.91 Å². The molecule has 1 atom stereocenters. The number of pyridine rings is 1. The minimum atomic E-state index is -0.855. The second-order valence-corrected chi connectivity index (χ2v) is 7.13. The number of piperidine rings is 1. The topological polar surface area (TPSA) is 78.2 Å². The lowest BCUT2D eigenvalue weighted by Gasteiger charge is -2.45. The molecule has 2 aliphatic heterocycles. The molecule has 7 heteroatoms. The Morgan fingerprint density at radius 3 is 2.80 bits per heavy atom. The Kier molecular flexibility index (Phi) is 3.76. The van der Waals surface area contributed by atoms with Gasteiger partial charge in [0.25, 0.3) is 0 Å². The van der Waals surface area contributed by atoms with Gasteiger partial charge in [-0.25, -0.2) is 4.98 Å². The second-order valence-electron chi connectivity index (χ2n) is 7.13. The van der Waals surface area contributed by atoms with Crippen molar-refractivity contribution in [2.24, 2.45) is 5.92 Å². The Morgan fingerprint density at radius 2 is 2.12 bits per heavy atom. The minimum absolute atomic E-state index is 0.0544. The van der Waals surface area contributed by atoms with E-state index in [-0.39, 0.29) is 12.3 Å². The zero-order valence-electron chi connectivity index (χ0n) is 14.3. The molecule has 7 nitrogen and oxygen atoms in total. The third-order valence-electron chi connectivity index (χ3n) is 5.89. The van der Waals surface area contributed by atoms with Crippen LogP contribution in [0.1, 0.15) is 25.0 Å². The Balaban J connectivity index is 1.47. The number of amides is 1. The van der Waals surface area contributed by atoms with Crippen LogP contribution >= 0.6 is 0 Å². The van der Waals surface area contributed by atoms with Gasteiger partial charge in [-0.1, -0.05) is 6.07 Å². The molecule has 25 heavy (non-hydrogen) atoms. The molecule has 1 unspecified atom stereocenters. The van der Waals surface area contributed by atoms with Crippen LogP contribution in [0, 0.1) is 5.92 Å². The number of carbonyl (C=O) groups is 2. The largest absolute Gasteiger partial charge is 0.481 e. The zero-order chi connectivity index (χ0) is 17.6. The fourth-order valence-electron chi connectivity index (χ4n) is 4.38. The standard InChI is InChI=1S/C18H22N4O3/c1-20-16(23)10-14(17(24)25)18(20)5-8-21(9-6-18)11-13-12-22-7-3-2-4-15(22)19-13/h2-4,7,12,14H,5-6,8-11H2,1H3,(H,24,25). The van der Waals surface area contributed by atoms with E-state index in [0.29, 0.717) is 12.8 Å². The number of aromatic nitrogens is 2. The van der Waals surface area contributed by atoms with Crippen LogP contribution in [0.4, 0.5) is 0 Å². The number of carboxylic acids is 1. The van der Waals surface area contributed by atoms with Gasteiger partial charge in [-0.05, 0) is 25.0 Å². The molecule has 2 saturated heterocycles. The van der Waals surface area contributed by atoms with Gasteiger partial charge in [0.05, 0.1) is 17.2 Å². The maximum atomic E-state index is 12.1. The van der Waals surface area contributed by atoms with Gasteiger partial charge in [0.1, 0.15) is 5.65 Å². The number of imidazole rings is 1. The summed E-state index contributed by atoms with van der Waals surface area (Å²) in [7, 11) is 1.75. The summed E-state index contributed by atoms with van der Waals surface area (Å²) in [5.74, 6) is -1.50. The summed E-state index contributed by atoms with van der Waals surface area (Å²) in [6.45, 7) is 2.29. The van der Waals surface area contributed by atoms with Crippen LogP contribution in [0.5, 0.6) is 0 Å². The van der Waals surface area contributed by atoms with Crippen LogP contribution in [0.2, 0.25) is 0 Å². The Hall–Kier alpha value is -2.41. The molecule has 1 N–H and O–H groups in total. The van der Waals surface area contributed by atoms with E-state index in [9.17, 15) is 14.7 Å². The molecule has 2 aliphatic rings. The van der Waals surface area contributed by atoms with Crippen molar-refractivity contribution in [3.8, 4) is 0 Å². The Morgan fingerprint density at radius 1 is 1.36 bits per heavy atom. The van der Waals surface area contributed by atoms with Crippen molar-refractivity contribution in [2.45, 2.75) is 31.3 Å². The third-order valence-corrected chi connectivity index (χ3v) is 5.89. The van der Waals surface area contributed by atoms with Crippen molar-refractivity contribution in [3.63, 3.8) is 0 Å². The van der Waals surface area contributed by atoms with E-state index in [2.05, 4.69) is 9.88 Å². The molecular formula is C18H22N4O3. The second kappa shape index (κ2) is 5.84. The quantitative estimate of drug-likeness (QED) is 0.908. The first-order chi connectivity index (χ1) is 12.0. The summed E-state index contributed by atoms with van der Waals surface area (Å²) < 4.78 is 2.00. The molecule has 0 aliphatic carbocycles. The first-order valence-corrected chi connectivity index (χ1v) is 8.64. The van der Waals surface area contributed by atoms with E-state index in [1.165, 1.54) is 0 Å². The SMILES string of the molecule is CN1C(=O)CC(C(=O)O)C12CCN(Cc1cn3ccccc3n1)CC2. The summed E-state index contributed by atoms with van der Waals surface area (Å²) in [6, 6.07) is 5.92. The van der Waals surface area contributed by atoms with Crippen molar-refractivity contribution in [1.82, 2.24) is 19.2 Å². The highest BCUT2D eigenvalue weighted by Crippen LogP contribution is 2.42. The van der Waals surface area contributed by atoms with Gasteiger partial charge in [-0.2, -0.15) is 0 Å². The summed E-state index contributed by atoms with van der Waals surface area (Å²) in [5.41, 5.74) is 1.41. The van der Waals surface area contributed by atoms with Crippen LogP contribution in [-0.2, 0) is 16.1 Å². The van der Waals surface area contributed by atoms with Crippen molar-refractivity contribution in [3.05, 3.63) is 36.3 Å². The lowest BCUT2D eigenvalue weighted by atomic mass is 9.77. The van der Waals surface area contributed by atoms with Gasteiger partial charge >= 0.3 is 5.97 Å². The van der Waals surface area contributed by atoms with Crippen LogP contribution in [0.3, 0.4) is 0 Å². The predicted octanol–water partition coefficient (Wildman–Crippen LogP) is 1.23. The van der Waals surface area contributed by atoms with Gasteiger partial charge < -0.3 is 14.4 Å². The normalized spacial score (nSPS) is 23.6. The minimum Gasteiger partial charge on any atom is -0.481 e. The van der Waals surface area contributed by atoms with E-state index in [0.717, 1.165) is 31.0 Å². The predicted molar refractivity (Wildman–Crippen MR) is 90.9 cm³/mol. The molecule has 2 aromatic rings. The number of aliphatic carboxylic acids is 1. The molecule has 2 aromatic heterocycles. The average Bonchev–Trinajstić information content (AvgIpc) is 3.11. The third kappa shape index (κ3) is 2.59. The Bertz CT molecular complexity index is 790. The first kappa shape index (κ1) is 16.1. The number of rotatable bonds is 3. The van der Waals surface area contributed by atoms with Crippen LogP contribution in [0.25, 0.3) is 5.65 Å². The number of carbonyl (C=O) groups excluding carboxylic acids is 1. The molecule has 1 amide bonds. The van der Waals surface area contributed by atoms with Gasteiger partial charge in [-0.3, -0.25) is 14.5 Å². The number of hydrogen-bond acceptors (Lipinski definition) is 4. The number of fused-ring (bicyclic) bond motifs is 1. The molecule has 132 valence electrons. The van der Waals surface area contributed by atoms with Crippen LogP contribution < -0.4 is 0 Å². The zero-order valence-corrected chi connectivity index (χ0v) is 14.3. The number of hydrogen-bond donors (Lipinski definition) is 1. The maximum Gasteiger partial charge on any atom is 0.309 e.